The van der Waals surface area contributed by atoms with Gasteiger partial charge in [-0.15, -0.1) is 0 Å². The fourth-order valence-electron chi connectivity index (χ4n) is 3.48. The monoisotopic (exact) mass is 342 g/mol. The van der Waals surface area contributed by atoms with Crippen molar-refractivity contribution in [3.05, 3.63) is 41.2 Å². The second-order valence-electron chi connectivity index (χ2n) is 6.28. The molecule has 2 aliphatic rings. The largest absolute Gasteiger partial charge is 0.495 e. The van der Waals surface area contributed by atoms with Gasteiger partial charge in [0.05, 0.1) is 26.0 Å². The van der Waals surface area contributed by atoms with E-state index in [0.29, 0.717) is 32.0 Å². The van der Waals surface area contributed by atoms with Crippen LogP contribution in [0.25, 0.3) is 0 Å². The lowest BCUT2D eigenvalue weighted by molar-refractivity contribution is 0.0727. The van der Waals surface area contributed by atoms with Crippen molar-refractivity contribution >= 4 is 11.6 Å². The summed E-state index contributed by atoms with van der Waals surface area (Å²) in [6.07, 6.45) is 0.789. The molecule has 4 rings (SSSR count). The third-order valence-corrected chi connectivity index (χ3v) is 4.89. The number of rotatable bonds is 3. The van der Waals surface area contributed by atoms with E-state index in [2.05, 4.69) is 21.2 Å². The zero-order valence-electron chi connectivity index (χ0n) is 14.3. The molecule has 7 heteroatoms. The summed E-state index contributed by atoms with van der Waals surface area (Å²) in [5.41, 5.74) is 3.54. The quantitative estimate of drug-likeness (QED) is 0.914. The molecule has 25 heavy (non-hydrogen) atoms. The Morgan fingerprint density at radius 1 is 1.24 bits per heavy atom. The first-order valence-corrected chi connectivity index (χ1v) is 8.59. The molecule has 1 fully saturated rings. The number of para-hydroxylation sites is 2. The standard InChI is InChI=1S/C18H22N4O3/c1-24-16-5-3-2-4-15(16)21-7-9-22(10-8-21)18(23)17-13-12-25-11-6-14(13)19-20-17/h2-5H,6-12H2,1H3,(H,19,20). The summed E-state index contributed by atoms with van der Waals surface area (Å²) >= 11 is 0. The van der Waals surface area contributed by atoms with Gasteiger partial charge in [-0.05, 0) is 12.1 Å². The van der Waals surface area contributed by atoms with Crippen molar-refractivity contribution in [2.75, 3.05) is 44.8 Å². The van der Waals surface area contributed by atoms with E-state index >= 15 is 0 Å². The van der Waals surface area contributed by atoms with E-state index in [1.165, 1.54) is 0 Å². The number of piperazine rings is 1. The second kappa shape index (κ2) is 6.76. The average Bonchev–Trinajstić information content (AvgIpc) is 3.11. The van der Waals surface area contributed by atoms with Crippen LogP contribution in [0.3, 0.4) is 0 Å². The van der Waals surface area contributed by atoms with Crippen molar-refractivity contribution in [3.8, 4) is 5.75 Å². The Balaban J connectivity index is 1.45. The number of nitrogens with one attached hydrogen (secondary N) is 1. The van der Waals surface area contributed by atoms with Gasteiger partial charge in [0.1, 0.15) is 5.75 Å². The predicted octanol–water partition coefficient (Wildman–Crippen LogP) is 1.45. The Hall–Kier alpha value is -2.54. The van der Waals surface area contributed by atoms with Gasteiger partial charge in [0, 0.05) is 43.9 Å². The maximum absolute atomic E-state index is 12.8. The fourth-order valence-corrected chi connectivity index (χ4v) is 3.48. The number of ether oxygens (including phenoxy) is 2. The Kier molecular flexibility index (Phi) is 4.31. The van der Waals surface area contributed by atoms with Gasteiger partial charge in [0.2, 0.25) is 0 Å². The van der Waals surface area contributed by atoms with E-state index in [9.17, 15) is 4.79 Å². The molecule has 1 N–H and O–H groups in total. The second-order valence-corrected chi connectivity index (χ2v) is 6.28. The lowest BCUT2D eigenvalue weighted by Crippen LogP contribution is -2.49. The van der Waals surface area contributed by atoms with Gasteiger partial charge >= 0.3 is 0 Å². The van der Waals surface area contributed by atoms with E-state index in [1.807, 2.05) is 23.1 Å². The summed E-state index contributed by atoms with van der Waals surface area (Å²) in [5.74, 6) is 0.850. The number of hydrogen-bond acceptors (Lipinski definition) is 5. The summed E-state index contributed by atoms with van der Waals surface area (Å²) in [7, 11) is 1.68. The topological polar surface area (TPSA) is 70.7 Å². The number of fused-ring (bicyclic) bond motifs is 1. The van der Waals surface area contributed by atoms with Crippen LogP contribution < -0.4 is 9.64 Å². The predicted molar refractivity (Wildman–Crippen MR) is 93.1 cm³/mol. The summed E-state index contributed by atoms with van der Waals surface area (Å²) in [6, 6.07) is 7.98. The van der Waals surface area contributed by atoms with Crippen LogP contribution in [0.5, 0.6) is 5.75 Å². The SMILES string of the molecule is COc1ccccc1N1CCN(C(=O)c2n[nH]c3c2COCC3)CC1. The summed E-state index contributed by atoms with van der Waals surface area (Å²) in [6.45, 7) is 4.03. The molecule has 0 unspecified atom stereocenters. The van der Waals surface area contributed by atoms with Crippen LogP contribution in [0.1, 0.15) is 21.7 Å². The highest BCUT2D eigenvalue weighted by Crippen LogP contribution is 2.28. The van der Waals surface area contributed by atoms with Gasteiger partial charge in [0.25, 0.3) is 5.91 Å². The lowest BCUT2D eigenvalue weighted by atomic mass is 10.1. The molecule has 0 bridgehead atoms. The minimum absolute atomic E-state index is 0.0114. The van der Waals surface area contributed by atoms with Gasteiger partial charge in [-0.1, -0.05) is 12.1 Å². The maximum atomic E-state index is 12.8. The minimum Gasteiger partial charge on any atom is -0.495 e. The average molecular weight is 342 g/mol. The highest BCUT2D eigenvalue weighted by atomic mass is 16.5. The summed E-state index contributed by atoms with van der Waals surface area (Å²) in [4.78, 5) is 17.0. The first-order chi connectivity index (χ1) is 12.3. The molecular weight excluding hydrogens is 320 g/mol. The number of nitrogens with zero attached hydrogens (tertiary/aromatic N) is 3. The normalized spacial score (nSPS) is 17.3. The molecule has 1 aromatic heterocycles. The van der Waals surface area contributed by atoms with Crippen LogP contribution in [0, 0.1) is 0 Å². The van der Waals surface area contributed by atoms with Crippen molar-refractivity contribution in [2.45, 2.75) is 13.0 Å². The molecule has 2 aromatic rings. The molecule has 2 aliphatic heterocycles. The van der Waals surface area contributed by atoms with Crippen LogP contribution in [0.15, 0.2) is 24.3 Å². The first kappa shape index (κ1) is 16.0. The van der Waals surface area contributed by atoms with Crippen LogP contribution >= 0.6 is 0 Å². The van der Waals surface area contributed by atoms with E-state index in [1.54, 1.807) is 7.11 Å². The zero-order chi connectivity index (χ0) is 17.2. The maximum Gasteiger partial charge on any atom is 0.274 e. The number of H-pyrrole nitrogens is 1. The third-order valence-electron chi connectivity index (χ3n) is 4.89. The Morgan fingerprint density at radius 2 is 2.04 bits per heavy atom. The van der Waals surface area contributed by atoms with Crippen LogP contribution in [0.4, 0.5) is 5.69 Å². The molecule has 0 saturated carbocycles. The number of benzene rings is 1. The van der Waals surface area contributed by atoms with Gasteiger partial charge in [0.15, 0.2) is 5.69 Å². The smallest absolute Gasteiger partial charge is 0.274 e. The van der Waals surface area contributed by atoms with Crippen molar-refractivity contribution in [1.29, 1.82) is 0 Å². The number of amides is 1. The van der Waals surface area contributed by atoms with E-state index in [4.69, 9.17) is 9.47 Å². The van der Waals surface area contributed by atoms with Crippen molar-refractivity contribution in [1.82, 2.24) is 15.1 Å². The number of carbonyl (C=O) groups is 1. The van der Waals surface area contributed by atoms with Crippen LogP contribution in [-0.2, 0) is 17.8 Å². The first-order valence-electron chi connectivity index (χ1n) is 8.59. The highest BCUT2D eigenvalue weighted by Gasteiger charge is 2.28. The van der Waals surface area contributed by atoms with Gasteiger partial charge in [-0.2, -0.15) is 5.10 Å². The summed E-state index contributed by atoms with van der Waals surface area (Å²) < 4.78 is 10.9. The number of aromatic nitrogens is 2. The Bertz CT molecular complexity index is 765. The molecule has 0 radical (unpaired) electrons. The van der Waals surface area contributed by atoms with Crippen LogP contribution in [-0.4, -0.2) is 60.9 Å². The number of aromatic amines is 1. The molecule has 0 atom stereocenters. The van der Waals surface area contributed by atoms with Crippen molar-refractivity contribution in [2.24, 2.45) is 0 Å². The number of methoxy groups -OCH3 is 1. The minimum atomic E-state index is -0.0114. The number of hydrogen-bond donors (Lipinski definition) is 1. The van der Waals surface area contributed by atoms with E-state index in [-0.39, 0.29) is 5.91 Å². The molecule has 1 saturated heterocycles. The molecule has 1 amide bonds. The third kappa shape index (κ3) is 2.95. The van der Waals surface area contributed by atoms with Gasteiger partial charge < -0.3 is 19.3 Å². The fraction of sp³-hybridized carbons (Fsp3) is 0.444. The number of carbonyl (C=O) groups excluding carboxylic acids is 1. The molecular formula is C18H22N4O3. The Morgan fingerprint density at radius 3 is 2.84 bits per heavy atom. The van der Waals surface area contributed by atoms with Crippen molar-refractivity contribution in [3.63, 3.8) is 0 Å². The molecule has 0 spiro atoms. The molecule has 7 nitrogen and oxygen atoms in total. The molecule has 132 valence electrons. The number of anilines is 1. The van der Waals surface area contributed by atoms with Gasteiger partial charge in [-0.3, -0.25) is 9.89 Å². The highest BCUT2D eigenvalue weighted by molar-refractivity contribution is 5.94. The molecule has 1 aromatic carbocycles. The molecule has 3 heterocycles. The lowest BCUT2D eigenvalue weighted by Gasteiger charge is -2.36. The Labute approximate surface area is 146 Å². The molecule has 0 aliphatic carbocycles. The zero-order valence-corrected chi connectivity index (χ0v) is 14.3. The van der Waals surface area contributed by atoms with Crippen LogP contribution in [0.2, 0.25) is 0 Å². The van der Waals surface area contributed by atoms with E-state index < -0.39 is 0 Å². The van der Waals surface area contributed by atoms with Gasteiger partial charge in [-0.25, -0.2) is 0 Å². The van der Waals surface area contributed by atoms with E-state index in [0.717, 1.165) is 42.2 Å². The van der Waals surface area contributed by atoms with Crippen molar-refractivity contribution < 1.29 is 14.3 Å². The summed E-state index contributed by atoms with van der Waals surface area (Å²) in [5, 5.41) is 7.24.